The van der Waals surface area contributed by atoms with Crippen molar-refractivity contribution in [3.05, 3.63) is 65.5 Å². The molecule has 7 nitrogen and oxygen atoms in total. The molecule has 35 heavy (non-hydrogen) atoms. The summed E-state index contributed by atoms with van der Waals surface area (Å²) in [4.78, 5) is 27.9. The molecule has 2 aromatic rings. The third-order valence-corrected chi connectivity index (χ3v) is 6.56. The highest BCUT2D eigenvalue weighted by Gasteiger charge is 2.32. The van der Waals surface area contributed by atoms with Gasteiger partial charge in [0, 0.05) is 12.1 Å². The lowest BCUT2D eigenvalue weighted by Crippen LogP contribution is -2.54. The van der Waals surface area contributed by atoms with Crippen LogP contribution in [0.5, 0.6) is 0 Å². The number of amides is 2. The molecule has 2 rings (SSSR count). The van der Waals surface area contributed by atoms with Gasteiger partial charge in [0.1, 0.15) is 18.4 Å². The SMILES string of the molecule is CC(C)c1ccccc1N(CC(=O)N(Cc1ccc(F)cc1)[C@@H](C)C(=O)NC(C)(C)C)S(C)(=O)=O. The minimum Gasteiger partial charge on any atom is -0.350 e. The molecule has 0 aliphatic heterocycles. The molecule has 0 spiro atoms. The molecule has 0 bridgehead atoms. The van der Waals surface area contributed by atoms with Crippen molar-refractivity contribution in [2.75, 3.05) is 17.1 Å². The maximum Gasteiger partial charge on any atom is 0.244 e. The summed E-state index contributed by atoms with van der Waals surface area (Å²) >= 11 is 0. The molecule has 0 unspecified atom stereocenters. The molecule has 9 heteroatoms. The van der Waals surface area contributed by atoms with Crippen molar-refractivity contribution in [3.8, 4) is 0 Å². The third kappa shape index (κ3) is 8.06. The summed E-state index contributed by atoms with van der Waals surface area (Å²) in [5.74, 6) is -1.31. The molecule has 0 saturated carbocycles. The van der Waals surface area contributed by atoms with Crippen LogP contribution in [0, 0.1) is 5.82 Å². The lowest BCUT2D eigenvalue weighted by Gasteiger charge is -2.33. The number of hydrogen-bond acceptors (Lipinski definition) is 4. The lowest BCUT2D eigenvalue weighted by atomic mass is 10.0. The highest BCUT2D eigenvalue weighted by Crippen LogP contribution is 2.29. The van der Waals surface area contributed by atoms with E-state index in [0.29, 0.717) is 11.3 Å². The van der Waals surface area contributed by atoms with E-state index in [2.05, 4.69) is 5.32 Å². The van der Waals surface area contributed by atoms with Crippen LogP contribution in [-0.4, -0.2) is 49.5 Å². The van der Waals surface area contributed by atoms with Crippen LogP contribution in [0.25, 0.3) is 0 Å². The van der Waals surface area contributed by atoms with Crippen LogP contribution < -0.4 is 9.62 Å². The number of sulfonamides is 1. The Labute approximate surface area is 208 Å². The van der Waals surface area contributed by atoms with Gasteiger partial charge in [-0.25, -0.2) is 12.8 Å². The molecule has 0 fully saturated rings. The summed E-state index contributed by atoms with van der Waals surface area (Å²) < 4.78 is 40.1. The Bertz CT molecular complexity index is 1140. The van der Waals surface area contributed by atoms with Gasteiger partial charge in [-0.05, 0) is 62.9 Å². The highest BCUT2D eigenvalue weighted by atomic mass is 32.2. The fourth-order valence-electron chi connectivity index (χ4n) is 3.64. The first kappa shape index (κ1) is 28.3. The van der Waals surface area contributed by atoms with Gasteiger partial charge in [0.05, 0.1) is 11.9 Å². The van der Waals surface area contributed by atoms with Gasteiger partial charge >= 0.3 is 0 Å². The van der Waals surface area contributed by atoms with E-state index in [9.17, 15) is 22.4 Å². The summed E-state index contributed by atoms with van der Waals surface area (Å²) in [6.07, 6.45) is 1.05. The number of rotatable bonds is 9. The van der Waals surface area contributed by atoms with Gasteiger partial charge in [0.25, 0.3) is 0 Å². The van der Waals surface area contributed by atoms with Crippen molar-refractivity contribution in [1.82, 2.24) is 10.2 Å². The van der Waals surface area contributed by atoms with E-state index in [1.807, 2.05) is 46.8 Å². The molecular weight excluding hydrogens is 469 g/mol. The zero-order valence-electron chi connectivity index (χ0n) is 21.5. The zero-order chi connectivity index (χ0) is 26.6. The van der Waals surface area contributed by atoms with E-state index < -0.39 is 39.9 Å². The van der Waals surface area contributed by atoms with Crippen molar-refractivity contribution >= 4 is 27.5 Å². The molecular formula is C26H36FN3O4S. The summed E-state index contributed by atoms with van der Waals surface area (Å²) in [6, 6.07) is 11.8. The standard InChI is InChI=1S/C26H36FN3O4S/c1-18(2)22-10-8-9-11-23(22)30(35(7,33)34)17-24(31)29(16-20-12-14-21(27)15-13-20)19(3)25(32)28-26(4,5)6/h8-15,18-19H,16-17H2,1-7H3,(H,28,32)/t19-/m0/s1. The number of nitrogens with one attached hydrogen (secondary N) is 1. The fourth-order valence-corrected chi connectivity index (χ4v) is 4.51. The number of halogens is 1. The van der Waals surface area contributed by atoms with Crippen LogP contribution in [-0.2, 0) is 26.2 Å². The van der Waals surface area contributed by atoms with Gasteiger partial charge in [-0.15, -0.1) is 0 Å². The van der Waals surface area contributed by atoms with E-state index in [-0.39, 0.29) is 18.4 Å². The van der Waals surface area contributed by atoms with E-state index in [1.165, 1.54) is 29.2 Å². The molecule has 2 aromatic carbocycles. The highest BCUT2D eigenvalue weighted by molar-refractivity contribution is 7.92. The summed E-state index contributed by atoms with van der Waals surface area (Å²) in [5.41, 5.74) is 1.30. The average Bonchev–Trinajstić information content (AvgIpc) is 2.74. The molecule has 192 valence electrons. The first-order chi connectivity index (χ1) is 16.1. The number of para-hydroxylation sites is 1. The van der Waals surface area contributed by atoms with Crippen LogP contribution in [0.1, 0.15) is 58.6 Å². The van der Waals surface area contributed by atoms with Gasteiger partial charge in [-0.1, -0.05) is 44.2 Å². The van der Waals surface area contributed by atoms with Gasteiger partial charge in [0.15, 0.2) is 0 Å². The first-order valence-electron chi connectivity index (χ1n) is 11.5. The minimum atomic E-state index is -3.82. The van der Waals surface area contributed by atoms with Crippen LogP contribution in [0.4, 0.5) is 10.1 Å². The third-order valence-electron chi connectivity index (χ3n) is 5.44. The Morgan fingerprint density at radius 1 is 1.00 bits per heavy atom. The Morgan fingerprint density at radius 2 is 1.57 bits per heavy atom. The lowest BCUT2D eigenvalue weighted by molar-refractivity contribution is -0.140. The largest absolute Gasteiger partial charge is 0.350 e. The first-order valence-corrected chi connectivity index (χ1v) is 13.4. The molecule has 1 atom stereocenters. The van der Waals surface area contributed by atoms with Crippen LogP contribution in [0.15, 0.2) is 48.5 Å². The van der Waals surface area contributed by atoms with Gasteiger partial charge in [-0.3, -0.25) is 13.9 Å². The maximum absolute atomic E-state index is 13.6. The fraction of sp³-hybridized carbons (Fsp3) is 0.462. The van der Waals surface area contributed by atoms with Crippen molar-refractivity contribution in [1.29, 1.82) is 0 Å². The van der Waals surface area contributed by atoms with Crippen molar-refractivity contribution < 1.29 is 22.4 Å². The topological polar surface area (TPSA) is 86.8 Å². The van der Waals surface area contributed by atoms with Gasteiger partial charge < -0.3 is 10.2 Å². The van der Waals surface area contributed by atoms with E-state index in [0.717, 1.165) is 16.1 Å². The minimum absolute atomic E-state index is 0.0152. The maximum atomic E-state index is 13.6. The number of carbonyl (C=O) groups excluding carboxylic acids is 2. The van der Waals surface area contributed by atoms with Crippen LogP contribution in [0.2, 0.25) is 0 Å². The van der Waals surface area contributed by atoms with Crippen molar-refractivity contribution in [3.63, 3.8) is 0 Å². The second-order valence-electron chi connectivity index (χ2n) is 10.0. The van der Waals surface area contributed by atoms with Gasteiger partial charge in [0.2, 0.25) is 21.8 Å². The molecule has 0 aromatic heterocycles. The normalized spacial score (nSPS) is 12.8. The average molecular weight is 506 g/mol. The molecule has 0 aliphatic rings. The van der Waals surface area contributed by atoms with Crippen molar-refractivity contribution in [2.45, 2.75) is 65.6 Å². The van der Waals surface area contributed by atoms with E-state index >= 15 is 0 Å². The number of anilines is 1. The second-order valence-corrected chi connectivity index (χ2v) is 12.0. The predicted octanol–water partition coefficient (Wildman–Crippen LogP) is 4.05. The monoisotopic (exact) mass is 505 g/mol. The van der Waals surface area contributed by atoms with E-state index in [1.54, 1.807) is 19.1 Å². The zero-order valence-corrected chi connectivity index (χ0v) is 22.3. The molecule has 0 heterocycles. The summed E-state index contributed by atoms with van der Waals surface area (Å²) in [5, 5.41) is 2.86. The Morgan fingerprint density at radius 3 is 2.09 bits per heavy atom. The van der Waals surface area contributed by atoms with Crippen LogP contribution >= 0.6 is 0 Å². The van der Waals surface area contributed by atoms with E-state index in [4.69, 9.17) is 0 Å². The smallest absolute Gasteiger partial charge is 0.244 e. The van der Waals surface area contributed by atoms with Crippen molar-refractivity contribution in [2.24, 2.45) is 0 Å². The Balaban J connectivity index is 2.46. The molecule has 0 saturated heterocycles. The molecule has 0 radical (unpaired) electrons. The molecule has 1 N–H and O–H groups in total. The number of nitrogens with zero attached hydrogens (tertiary/aromatic N) is 2. The summed E-state index contributed by atoms with van der Waals surface area (Å²) in [7, 11) is -3.82. The predicted molar refractivity (Wildman–Crippen MR) is 137 cm³/mol. The molecule has 2 amide bonds. The molecule has 0 aliphatic carbocycles. The Kier molecular flexibility index (Phi) is 9.06. The summed E-state index contributed by atoms with van der Waals surface area (Å²) in [6.45, 7) is 10.5. The van der Waals surface area contributed by atoms with Gasteiger partial charge in [-0.2, -0.15) is 0 Å². The second kappa shape index (κ2) is 11.2. The number of benzene rings is 2. The number of carbonyl (C=O) groups is 2. The Hall–Kier alpha value is -2.94. The van der Waals surface area contributed by atoms with Crippen LogP contribution in [0.3, 0.4) is 0 Å². The number of hydrogen-bond donors (Lipinski definition) is 1. The quantitative estimate of drug-likeness (QED) is 0.557.